The normalized spacial score (nSPS) is 15.0. The van der Waals surface area contributed by atoms with Crippen molar-refractivity contribution in [3.63, 3.8) is 0 Å². The van der Waals surface area contributed by atoms with E-state index >= 15 is 0 Å². The number of ether oxygens (including phenoxy) is 2. The van der Waals surface area contributed by atoms with Gasteiger partial charge in [0.1, 0.15) is 13.2 Å². The Balaban J connectivity index is 2.38. The first-order valence-corrected chi connectivity index (χ1v) is 4.36. The third-order valence-electron chi connectivity index (χ3n) is 1.56. The summed E-state index contributed by atoms with van der Waals surface area (Å²) in [6.45, 7) is 1.81. The maximum absolute atomic E-state index is 5.49. The molecule has 2 N–H and O–H groups in total. The summed E-state index contributed by atoms with van der Waals surface area (Å²) in [4.78, 5) is 1.07. The number of hydrogen-bond donors (Lipinski definition) is 1. The maximum atomic E-state index is 5.49. The molecule has 3 nitrogen and oxygen atoms in total. The Morgan fingerprint density at radius 2 is 2.27 bits per heavy atom. The zero-order valence-corrected chi connectivity index (χ0v) is 6.82. The monoisotopic (exact) mass is 171 g/mol. The van der Waals surface area contributed by atoms with Crippen molar-refractivity contribution in [1.82, 2.24) is 0 Å². The predicted octanol–water partition coefficient (Wildman–Crippen LogP) is 0.978. The molecule has 0 amide bonds. The molecular weight excluding hydrogens is 162 g/mol. The molecule has 0 bridgehead atoms. The molecule has 0 fully saturated rings. The molecule has 0 aliphatic carbocycles. The quantitative estimate of drug-likeness (QED) is 0.685. The zero-order valence-electron chi connectivity index (χ0n) is 6.00. The number of fused-ring (bicyclic) bond motifs is 1. The van der Waals surface area contributed by atoms with Crippen molar-refractivity contribution in [2.24, 2.45) is 5.73 Å². The van der Waals surface area contributed by atoms with Crippen molar-refractivity contribution in [3.8, 4) is 11.5 Å². The van der Waals surface area contributed by atoms with Gasteiger partial charge < -0.3 is 15.2 Å². The van der Waals surface area contributed by atoms with Gasteiger partial charge in [-0.25, -0.2) is 0 Å². The van der Waals surface area contributed by atoms with Crippen LogP contribution in [0.3, 0.4) is 0 Å². The van der Waals surface area contributed by atoms with Gasteiger partial charge in [0.15, 0.2) is 11.5 Å². The van der Waals surface area contributed by atoms with E-state index in [1.54, 1.807) is 11.3 Å². The lowest BCUT2D eigenvalue weighted by molar-refractivity contribution is 0.172. The van der Waals surface area contributed by atoms with E-state index in [0.29, 0.717) is 19.8 Å². The summed E-state index contributed by atoms with van der Waals surface area (Å²) in [6, 6.07) is 0. The number of thiophene rings is 1. The molecule has 0 aromatic carbocycles. The second kappa shape index (κ2) is 2.71. The van der Waals surface area contributed by atoms with Crippen molar-refractivity contribution in [3.05, 3.63) is 10.3 Å². The molecule has 0 spiro atoms. The van der Waals surface area contributed by atoms with Crippen LogP contribution in [0, 0.1) is 0 Å². The molecule has 0 atom stereocenters. The molecule has 60 valence electrons. The minimum atomic E-state index is 0.531. The lowest BCUT2D eigenvalue weighted by Gasteiger charge is -2.15. The topological polar surface area (TPSA) is 44.5 Å². The Morgan fingerprint density at radius 3 is 3.09 bits per heavy atom. The van der Waals surface area contributed by atoms with E-state index < -0.39 is 0 Å². The van der Waals surface area contributed by atoms with Crippen LogP contribution in [-0.2, 0) is 6.54 Å². The van der Waals surface area contributed by atoms with E-state index in [-0.39, 0.29) is 0 Å². The minimum Gasteiger partial charge on any atom is -0.485 e. The smallest absolute Gasteiger partial charge is 0.176 e. The summed E-state index contributed by atoms with van der Waals surface area (Å²) in [7, 11) is 0. The first-order valence-electron chi connectivity index (χ1n) is 3.48. The van der Waals surface area contributed by atoms with E-state index in [4.69, 9.17) is 15.2 Å². The van der Waals surface area contributed by atoms with Gasteiger partial charge in [-0.15, -0.1) is 11.3 Å². The van der Waals surface area contributed by atoms with Crippen LogP contribution >= 0.6 is 11.3 Å². The molecule has 11 heavy (non-hydrogen) atoms. The van der Waals surface area contributed by atoms with E-state index in [1.165, 1.54) is 0 Å². The summed E-state index contributed by atoms with van der Waals surface area (Å²) >= 11 is 1.59. The molecule has 2 rings (SSSR count). The second-order valence-corrected chi connectivity index (χ2v) is 3.22. The summed E-state index contributed by atoms with van der Waals surface area (Å²) in [6.07, 6.45) is 0. The molecule has 1 aliphatic heterocycles. The fourth-order valence-corrected chi connectivity index (χ4v) is 1.84. The van der Waals surface area contributed by atoms with Crippen LogP contribution in [0.15, 0.2) is 5.38 Å². The van der Waals surface area contributed by atoms with Crippen LogP contribution in [-0.4, -0.2) is 13.2 Å². The molecule has 1 aromatic rings. The van der Waals surface area contributed by atoms with Crippen molar-refractivity contribution >= 4 is 11.3 Å². The van der Waals surface area contributed by atoms with Crippen molar-refractivity contribution in [1.29, 1.82) is 0 Å². The number of nitrogens with two attached hydrogens (primary N) is 1. The number of rotatable bonds is 1. The fourth-order valence-electron chi connectivity index (χ4n) is 1.06. The molecule has 1 aliphatic rings. The maximum Gasteiger partial charge on any atom is 0.176 e. The highest BCUT2D eigenvalue weighted by Gasteiger charge is 2.16. The summed E-state index contributed by atoms with van der Waals surface area (Å²) in [5, 5.41) is 1.94. The van der Waals surface area contributed by atoms with Crippen LogP contribution in [0.2, 0.25) is 0 Å². The lowest BCUT2D eigenvalue weighted by atomic mass is 10.4. The lowest BCUT2D eigenvalue weighted by Crippen LogP contribution is -2.15. The average Bonchev–Trinajstić information content (AvgIpc) is 2.47. The highest BCUT2D eigenvalue weighted by molar-refractivity contribution is 7.10. The van der Waals surface area contributed by atoms with E-state index in [2.05, 4.69) is 0 Å². The van der Waals surface area contributed by atoms with E-state index in [9.17, 15) is 0 Å². The Hall–Kier alpha value is -0.740. The van der Waals surface area contributed by atoms with E-state index in [1.807, 2.05) is 5.38 Å². The van der Waals surface area contributed by atoms with Crippen molar-refractivity contribution in [2.45, 2.75) is 6.54 Å². The van der Waals surface area contributed by atoms with Gasteiger partial charge in [-0.1, -0.05) is 0 Å². The van der Waals surface area contributed by atoms with Gasteiger partial charge in [-0.2, -0.15) is 0 Å². The zero-order chi connectivity index (χ0) is 7.68. The fraction of sp³-hybridized carbons (Fsp3) is 0.429. The van der Waals surface area contributed by atoms with E-state index in [0.717, 1.165) is 16.4 Å². The first-order chi connectivity index (χ1) is 5.42. The highest BCUT2D eigenvalue weighted by Crippen LogP contribution is 2.38. The molecule has 1 aromatic heterocycles. The molecule has 4 heteroatoms. The number of hydrogen-bond acceptors (Lipinski definition) is 4. The van der Waals surface area contributed by atoms with Crippen LogP contribution in [0.1, 0.15) is 4.88 Å². The average molecular weight is 171 g/mol. The largest absolute Gasteiger partial charge is 0.485 e. The third kappa shape index (κ3) is 1.08. The van der Waals surface area contributed by atoms with Crippen LogP contribution < -0.4 is 15.2 Å². The minimum absolute atomic E-state index is 0.531. The Morgan fingerprint density at radius 1 is 1.45 bits per heavy atom. The molecule has 2 heterocycles. The van der Waals surface area contributed by atoms with Crippen LogP contribution in [0.5, 0.6) is 11.5 Å². The molecule has 0 saturated carbocycles. The van der Waals surface area contributed by atoms with Gasteiger partial charge in [0, 0.05) is 11.9 Å². The summed E-state index contributed by atoms with van der Waals surface area (Å²) in [5.41, 5.74) is 5.49. The molecule has 0 radical (unpaired) electrons. The Kier molecular flexibility index (Phi) is 1.71. The molecular formula is C7H9NO2S. The van der Waals surface area contributed by atoms with Gasteiger partial charge in [0.25, 0.3) is 0 Å². The van der Waals surface area contributed by atoms with Crippen LogP contribution in [0.25, 0.3) is 0 Å². The van der Waals surface area contributed by atoms with Gasteiger partial charge in [-0.3, -0.25) is 0 Å². The standard InChI is InChI=1S/C7H9NO2S/c8-3-6-7-5(4-11-6)9-1-2-10-7/h4H,1-3,8H2. The van der Waals surface area contributed by atoms with Crippen LogP contribution in [0.4, 0.5) is 0 Å². The Labute approximate surface area is 68.7 Å². The van der Waals surface area contributed by atoms with Gasteiger partial charge in [0.05, 0.1) is 4.88 Å². The molecule has 0 unspecified atom stereocenters. The first kappa shape index (κ1) is 6.94. The van der Waals surface area contributed by atoms with Crippen molar-refractivity contribution < 1.29 is 9.47 Å². The predicted molar refractivity (Wildman–Crippen MR) is 43.2 cm³/mol. The molecule has 0 saturated heterocycles. The Bertz CT molecular complexity index is 245. The summed E-state index contributed by atoms with van der Waals surface area (Å²) < 4.78 is 10.7. The third-order valence-corrected chi connectivity index (χ3v) is 2.53. The SMILES string of the molecule is NCc1scc2c1OCCO2. The van der Waals surface area contributed by atoms with Crippen molar-refractivity contribution in [2.75, 3.05) is 13.2 Å². The van der Waals surface area contributed by atoms with Gasteiger partial charge >= 0.3 is 0 Å². The van der Waals surface area contributed by atoms with Gasteiger partial charge in [0.2, 0.25) is 0 Å². The second-order valence-electron chi connectivity index (χ2n) is 2.25. The van der Waals surface area contributed by atoms with Gasteiger partial charge in [-0.05, 0) is 0 Å². The summed E-state index contributed by atoms with van der Waals surface area (Å²) in [5.74, 6) is 1.70. The highest BCUT2D eigenvalue weighted by atomic mass is 32.1.